The van der Waals surface area contributed by atoms with E-state index in [0.29, 0.717) is 5.89 Å². The largest absolute Gasteiger partial charge is 0.338 e. The first-order valence-corrected chi connectivity index (χ1v) is 6.41. The van der Waals surface area contributed by atoms with E-state index in [9.17, 15) is 0 Å². The highest BCUT2D eigenvalue weighted by Gasteiger charge is 2.14. The second-order valence-electron chi connectivity index (χ2n) is 4.45. The van der Waals surface area contributed by atoms with Crippen molar-refractivity contribution in [1.29, 1.82) is 0 Å². The minimum Gasteiger partial charge on any atom is -0.338 e. The van der Waals surface area contributed by atoms with Gasteiger partial charge in [0.05, 0.1) is 6.04 Å². The van der Waals surface area contributed by atoms with Gasteiger partial charge in [-0.15, -0.1) is 0 Å². The van der Waals surface area contributed by atoms with E-state index in [1.165, 1.54) is 5.56 Å². The van der Waals surface area contributed by atoms with Gasteiger partial charge in [-0.2, -0.15) is 4.98 Å². The van der Waals surface area contributed by atoms with Crippen LogP contribution < -0.4 is 5.73 Å². The van der Waals surface area contributed by atoms with Gasteiger partial charge >= 0.3 is 0 Å². The minimum atomic E-state index is -0.227. The lowest BCUT2D eigenvalue weighted by molar-refractivity contribution is 0.350. The number of aryl methyl sites for hydroxylation is 1. The molecular weight excluding hydrogens is 226 g/mol. The summed E-state index contributed by atoms with van der Waals surface area (Å²) in [5.74, 6) is 1.29. The number of benzene rings is 1. The maximum atomic E-state index is 6.07. The monoisotopic (exact) mass is 245 g/mol. The molecule has 2 N–H and O–H groups in total. The Morgan fingerprint density at radius 3 is 2.78 bits per heavy atom. The van der Waals surface area contributed by atoms with Crippen LogP contribution in [0.15, 0.2) is 34.9 Å². The summed E-state index contributed by atoms with van der Waals surface area (Å²) in [5.41, 5.74) is 7.25. The molecule has 0 saturated carbocycles. The molecule has 0 bridgehead atoms. The van der Waals surface area contributed by atoms with Crippen LogP contribution in [0.25, 0.3) is 0 Å². The van der Waals surface area contributed by atoms with Crippen LogP contribution in [0.4, 0.5) is 0 Å². The van der Waals surface area contributed by atoms with E-state index in [1.54, 1.807) is 0 Å². The number of hydrogen-bond acceptors (Lipinski definition) is 4. The third-order valence-corrected chi connectivity index (χ3v) is 2.85. The highest BCUT2D eigenvalue weighted by atomic mass is 16.5. The fourth-order valence-corrected chi connectivity index (χ4v) is 1.81. The van der Waals surface area contributed by atoms with Gasteiger partial charge < -0.3 is 10.3 Å². The average molecular weight is 245 g/mol. The fourth-order valence-electron chi connectivity index (χ4n) is 1.81. The molecule has 2 rings (SSSR count). The van der Waals surface area contributed by atoms with E-state index in [0.717, 1.165) is 31.5 Å². The summed E-state index contributed by atoms with van der Waals surface area (Å²) in [6, 6.07) is 9.87. The molecule has 2 aromatic rings. The molecule has 4 nitrogen and oxygen atoms in total. The van der Waals surface area contributed by atoms with Crippen molar-refractivity contribution in [2.45, 2.75) is 38.6 Å². The Morgan fingerprint density at radius 2 is 2.06 bits per heavy atom. The molecule has 1 heterocycles. The molecule has 1 atom stereocenters. The molecule has 1 aromatic heterocycles. The van der Waals surface area contributed by atoms with Gasteiger partial charge in [-0.3, -0.25) is 0 Å². The third-order valence-electron chi connectivity index (χ3n) is 2.85. The maximum absolute atomic E-state index is 6.07. The fraction of sp³-hybridized carbons (Fsp3) is 0.429. The lowest BCUT2D eigenvalue weighted by atomic mass is 10.1. The quantitative estimate of drug-likeness (QED) is 0.849. The Morgan fingerprint density at radius 1 is 1.28 bits per heavy atom. The van der Waals surface area contributed by atoms with Crippen molar-refractivity contribution >= 4 is 0 Å². The van der Waals surface area contributed by atoms with Crippen molar-refractivity contribution in [3.63, 3.8) is 0 Å². The molecule has 0 fully saturated rings. The second-order valence-corrected chi connectivity index (χ2v) is 4.45. The number of hydrogen-bond donors (Lipinski definition) is 1. The van der Waals surface area contributed by atoms with Crippen LogP contribution in [-0.4, -0.2) is 10.1 Å². The molecule has 0 amide bonds. The van der Waals surface area contributed by atoms with Gasteiger partial charge in [0.2, 0.25) is 5.89 Å². The second kappa shape index (κ2) is 6.31. The summed E-state index contributed by atoms with van der Waals surface area (Å²) in [6.45, 7) is 2.14. The molecule has 1 aromatic carbocycles. The average Bonchev–Trinajstić information content (AvgIpc) is 2.86. The molecule has 0 aliphatic carbocycles. The highest BCUT2D eigenvalue weighted by molar-refractivity contribution is 5.16. The van der Waals surface area contributed by atoms with Crippen LogP contribution in [0, 0.1) is 0 Å². The van der Waals surface area contributed by atoms with Crippen LogP contribution in [0.2, 0.25) is 0 Å². The van der Waals surface area contributed by atoms with Gasteiger partial charge in [0, 0.05) is 6.42 Å². The molecule has 0 spiro atoms. The summed E-state index contributed by atoms with van der Waals surface area (Å²) >= 11 is 0. The summed E-state index contributed by atoms with van der Waals surface area (Å²) in [5, 5.41) is 3.95. The molecule has 0 saturated heterocycles. The summed E-state index contributed by atoms with van der Waals surface area (Å²) in [7, 11) is 0. The Labute approximate surface area is 107 Å². The molecule has 18 heavy (non-hydrogen) atoms. The van der Waals surface area contributed by atoms with Crippen LogP contribution in [0.3, 0.4) is 0 Å². The zero-order valence-corrected chi connectivity index (χ0v) is 10.7. The lowest BCUT2D eigenvalue weighted by Crippen LogP contribution is -2.13. The highest BCUT2D eigenvalue weighted by Crippen LogP contribution is 2.14. The van der Waals surface area contributed by atoms with Gasteiger partial charge in [0.1, 0.15) is 0 Å². The zero-order chi connectivity index (χ0) is 12.8. The third kappa shape index (κ3) is 3.40. The first-order valence-electron chi connectivity index (χ1n) is 6.41. The number of nitrogens with two attached hydrogens (primary N) is 1. The molecule has 96 valence electrons. The Bertz CT molecular complexity index is 467. The van der Waals surface area contributed by atoms with Crippen molar-refractivity contribution in [1.82, 2.24) is 10.1 Å². The van der Waals surface area contributed by atoms with Gasteiger partial charge in [-0.05, 0) is 18.4 Å². The van der Waals surface area contributed by atoms with Crippen LogP contribution in [0.5, 0.6) is 0 Å². The Kier molecular flexibility index (Phi) is 4.47. The van der Waals surface area contributed by atoms with Gasteiger partial charge in [-0.1, -0.05) is 48.8 Å². The first-order chi connectivity index (χ1) is 8.79. The zero-order valence-electron chi connectivity index (χ0n) is 10.7. The van der Waals surface area contributed by atoms with E-state index in [4.69, 9.17) is 10.3 Å². The standard InChI is InChI=1S/C14H19N3O/c1-2-3-9-13-16-14(18-17-13)12(15)10-11-7-5-4-6-8-11/h4-8,12H,2-3,9-10,15H2,1H3/t12-/m0/s1. The number of nitrogens with zero attached hydrogens (tertiary/aromatic N) is 2. The minimum absolute atomic E-state index is 0.227. The predicted octanol–water partition coefficient (Wildman–Crippen LogP) is 2.65. The van der Waals surface area contributed by atoms with E-state index in [-0.39, 0.29) is 6.04 Å². The van der Waals surface area contributed by atoms with E-state index in [1.807, 2.05) is 30.3 Å². The first kappa shape index (κ1) is 12.8. The number of rotatable bonds is 6. The molecule has 0 aliphatic heterocycles. The summed E-state index contributed by atoms with van der Waals surface area (Å²) in [4.78, 5) is 4.34. The van der Waals surface area contributed by atoms with Gasteiger partial charge in [0.25, 0.3) is 0 Å². The van der Waals surface area contributed by atoms with E-state index in [2.05, 4.69) is 17.1 Å². The smallest absolute Gasteiger partial charge is 0.243 e. The predicted molar refractivity (Wildman–Crippen MR) is 70.0 cm³/mol. The topological polar surface area (TPSA) is 64.9 Å². The van der Waals surface area contributed by atoms with Crippen molar-refractivity contribution in [3.8, 4) is 0 Å². The summed E-state index contributed by atoms with van der Waals surface area (Å²) < 4.78 is 5.21. The maximum Gasteiger partial charge on any atom is 0.243 e. The summed E-state index contributed by atoms with van der Waals surface area (Å²) in [6.07, 6.45) is 3.78. The van der Waals surface area contributed by atoms with Crippen LogP contribution >= 0.6 is 0 Å². The number of unbranched alkanes of at least 4 members (excludes halogenated alkanes) is 1. The van der Waals surface area contributed by atoms with Crippen molar-refractivity contribution in [2.75, 3.05) is 0 Å². The molecule has 0 unspecified atom stereocenters. The van der Waals surface area contributed by atoms with Crippen LogP contribution in [0.1, 0.15) is 43.1 Å². The van der Waals surface area contributed by atoms with Crippen molar-refractivity contribution < 1.29 is 4.52 Å². The van der Waals surface area contributed by atoms with E-state index < -0.39 is 0 Å². The molecule has 4 heteroatoms. The van der Waals surface area contributed by atoms with Gasteiger partial charge in [-0.25, -0.2) is 0 Å². The molecular formula is C14H19N3O. The van der Waals surface area contributed by atoms with Crippen molar-refractivity contribution in [3.05, 3.63) is 47.6 Å². The Hall–Kier alpha value is -1.68. The van der Waals surface area contributed by atoms with Crippen LogP contribution in [-0.2, 0) is 12.8 Å². The molecule has 0 aliphatic rings. The van der Waals surface area contributed by atoms with Gasteiger partial charge in [0.15, 0.2) is 5.82 Å². The SMILES string of the molecule is CCCCc1noc([C@@H](N)Cc2ccccc2)n1. The van der Waals surface area contributed by atoms with Crippen molar-refractivity contribution in [2.24, 2.45) is 5.73 Å². The lowest BCUT2D eigenvalue weighted by Gasteiger charge is -2.05. The molecule has 0 radical (unpaired) electrons. The normalized spacial score (nSPS) is 12.6. The van der Waals surface area contributed by atoms with E-state index >= 15 is 0 Å². The number of aromatic nitrogens is 2. The Balaban J connectivity index is 1.96.